The minimum atomic E-state index is 0.582. The quantitative estimate of drug-likeness (QED) is 0.922. The fourth-order valence-electron chi connectivity index (χ4n) is 3.22. The molecule has 1 fully saturated rings. The number of hydrogen-bond acceptors (Lipinski definition) is 3. The number of aromatic nitrogens is 3. The molecule has 1 aliphatic rings. The van der Waals surface area contributed by atoms with Crippen molar-refractivity contribution in [2.45, 2.75) is 45.1 Å². The molecule has 1 aromatic heterocycles. The van der Waals surface area contributed by atoms with Crippen LogP contribution in [0.5, 0.6) is 0 Å². The van der Waals surface area contributed by atoms with Crippen molar-refractivity contribution < 1.29 is 0 Å². The van der Waals surface area contributed by atoms with Crippen molar-refractivity contribution in [3.05, 3.63) is 36.7 Å². The van der Waals surface area contributed by atoms with Crippen LogP contribution < -0.4 is 5.32 Å². The molecular formula is C16H22N4. The molecule has 2 atom stereocenters. The number of benzene rings is 1. The molecule has 106 valence electrons. The Balaban J connectivity index is 1.83. The Kier molecular flexibility index (Phi) is 4.00. The fourth-order valence-corrected chi connectivity index (χ4v) is 3.22. The van der Waals surface area contributed by atoms with Gasteiger partial charge in [-0.25, -0.2) is 4.68 Å². The maximum Gasteiger partial charge on any atom is 0.0894 e. The molecule has 0 radical (unpaired) electrons. The third kappa shape index (κ3) is 2.69. The lowest BCUT2D eigenvalue weighted by molar-refractivity contribution is 0.317. The minimum Gasteiger partial charge on any atom is -0.380 e. The molecule has 0 spiro atoms. The van der Waals surface area contributed by atoms with Gasteiger partial charge in [0, 0.05) is 6.04 Å². The van der Waals surface area contributed by atoms with Crippen LogP contribution in [0.3, 0.4) is 0 Å². The van der Waals surface area contributed by atoms with Gasteiger partial charge >= 0.3 is 0 Å². The van der Waals surface area contributed by atoms with Gasteiger partial charge in [-0.1, -0.05) is 43.5 Å². The normalized spacial score (nSPS) is 22.6. The summed E-state index contributed by atoms with van der Waals surface area (Å²) in [6, 6.07) is 8.92. The molecule has 0 saturated heterocycles. The molecule has 20 heavy (non-hydrogen) atoms. The maximum absolute atomic E-state index is 4.11. The number of nitrogens with one attached hydrogen (secondary N) is 1. The molecule has 1 heterocycles. The number of hydrogen-bond donors (Lipinski definition) is 1. The van der Waals surface area contributed by atoms with Gasteiger partial charge in [0.1, 0.15) is 0 Å². The summed E-state index contributed by atoms with van der Waals surface area (Å²) >= 11 is 0. The van der Waals surface area contributed by atoms with E-state index in [0.717, 1.165) is 17.3 Å². The van der Waals surface area contributed by atoms with Crippen molar-refractivity contribution in [2.75, 3.05) is 5.32 Å². The van der Waals surface area contributed by atoms with Gasteiger partial charge in [-0.3, -0.25) is 0 Å². The van der Waals surface area contributed by atoms with Crippen LogP contribution in [0.15, 0.2) is 36.7 Å². The second kappa shape index (κ2) is 6.07. The molecule has 1 aromatic carbocycles. The first-order chi connectivity index (χ1) is 9.88. The first-order valence-corrected chi connectivity index (χ1v) is 7.60. The molecule has 0 amide bonds. The second-order valence-corrected chi connectivity index (χ2v) is 5.57. The van der Waals surface area contributed by atoms with Gasteiger partial charge in [-0.15, -0.1) is 5.10 Å². The van der Waals surface area contributed by atoms with Crippen LogP contribution in [0.1, 0.15) is 39.0 Å². The van der Waals surface area contributed by atoms with Crippen LogP contribution >= 0.6 is 0 Å². The predicted molar refractivity (Wildman–Crippen MR) is 81.0 cm³/mol. The van der Waals surface area contributed by atoms with E-state index in [9.17, 15) is 0 Å². The average molecular weight is 270 g/mol. The van der Waals surface area contributed by atoms with Gasteiger partial charge in [0.05, 0.1) is 23.8 Å². The Morgan fingerprint density at radius 1 is 1.25 bits per heavy atom. The second-order valence-electron chi connectivity index (χ2n) is 5.57. The highest BCUT2D eigenvalue weighted by molar-refractivity contribution is 5.61. The van der Waals surface area contributed by atoms with E-state index in [1.165, 1.54) is 32.1 Å². The molecule has 2 aromatic rings. The van der Waals surface area contributed by atoms with Gasteiger partial charge < -0.3 is 5.32 Å². The monoisotopic (exact) mass is 270 g/mol. The van der Waals surface area contributed by atoms with Crippen molar-refractivity contribution >= 4 is 5.69 Å². The van der Waals surface area contributed by atoms with Crippen molar-refractivity contribution in [3.8, 4) is 5.69 Å². The van der Waals surface area contributed by atoms with Crippen LogP contribution in [0.4, 0.5) is 5.69 Å². The Labute approximate surface area is 120 Å². The summed E-state index contributed by atoms with van der Waals surface area (Å²) in [4.78, 5) is 0. The summed E-state index contributed by atoms with van der Waals surface area (Å²) in [5.74, 6) is 0.785. The summed E-state index contributed by atoms with van der Waals surface area (Å²) < 4.78 is 1.83. The van der Waals surface area contributed by atoms with Crippen LogP contribution in [0.25, 0.3) is 5.69 Å². The van der Waals surface area contributed by atoms with Crippen molar-refractivity contribution in [3.63, 3.8) is 0 Å². The van der Waals surface area contributed by atoms with E-state index in [4.69, 9.17) is 0 Å². The average Bonchev–Trinajstić information content (AvgIpc) is 3.02. The summed E-state index contributed by atoms with van der Waals surface area (Å²) in [6.07, 6.45) is 10.2. The lowest BCUT2D eigenvalue weighted by Gasteiger charge is -2.32. The van der Waals surface area contributed by atoms with Crippen molar-refractivity contribution in [2.24, 2.45) is 5.92 Å². The number of rotatable bonds is 4. The largest absolute Gasteiger partial charge is 0.380 e. The lowest BCUT2D eigenvalue weighted by atomic mass is 9.83. The first kappa shape index (κ1) is 13.2. The number of para-hydroxylation sites is 2. The highest BCUT2D eigenvalue weighted by Gasteiger charge is 2.24. The molecule has 4 nitrogen and oxygen atoms in total. The summed E-state index contributed by atoms with van der Waals surface area (Å²) in [6.45, 7) is 2.30. The topological polar surface area (TPSA) is 42.7 Å². The van der Waals surface area contributed by atoms with Gasteiger partial charge in [0.2, 0.25) is 0 Å². The zero-order valence-corrected chi connectivity index (χ0v) is 12.0. The van der Waals surface area contributed by atoms with Gasteiger partial charge in [-0.05, 0) is 30.9 Å². The van der Waals surface area contributed by atoms with E-state index in [1.807, 2.05) is 16.9 Å². The van der Waals surface area contributed by atoms with Crippen LogP contribution in [-0.4, -0.2) is 21.0 Å². The predicted octanol–water partition coefficient (Wildman–Crippen LogP) is 3.65. The molecule has 0 bridgehead atoms. The molecule has 1 N–H and O–H groups in total. The smallest absolute Gasteiger partial charge is 0.0894 e. The van der Waals surface area contributed by atoms with E-state index < -0.39 is 0 Å². The fraction of sp³-hybridized carbons (Fsp3) is 0.500. The van der Waals surface area contributed by atoms with Crippen LogP contribution in [0, 0.1) is 5.92 Å². The van der Waals surface area contributed by atoms with Crippen molar-refractivity contribution in [1.29, 1.82) is 0 Å². The highest BCUT2D eigenvalue weighted by Crippen LogP contribution is 2.31. The Morgan fingerprint density at radius 3 is 2.90 bits per heavy atom. The van der Waals surface area contributed by atoms with E-state index in [1.54, 1.807) is 6.20 Å². The highest BCUT2D eigenvalue weighted by atomic mass is 15.4. The van der Waals surface area contributed by atoms with Crippen LogP contribution in [0.2, 0.25) is 0 Å². The Bertz CT molecular complexity index is 535. The Morgan fingerprint density at radius 2 is 2.10 bits per heavy atom. The lowest BCUT2D eigenvalue weighted by Crippen LogP contribution is -2.32. The number of anilines is 1. The maximum atomic E-state index is 4.11. The summed E-state index contributed by atoms with van der Waals surface area (Å²) in [7, 11) is 0. The third-order valence-corrected chi connectivity index (χ3v) is 4.35. The van der Waals surface area contributed by atoms with E-state index in [2.05, 4.69) is 40.8 Å². The standard InChI is InChI=1S/C16H22N4/c1-2-13-7-3-4-8-14(13)18-15-9-5-6-10-16(15)20-12-11-17-19-20/h5-6,9-14,18H,2-4,7-8H2,1H3. The molecular weight excluding hydrogens is 248 g/mol. The van der Waals surface area contributed by atoms with Gasteiger partial charge in [-0.2, -0.15) is 0 Å². The molecule has 0 aliphatic heterocycles. The molecule has 1 saturated carbocycles. The van der Waals surface area contributed by atoms with Gasteiger partial charge in [0.15, 0.2) is 0 Å². The van der Waals surface area contributed by atoms with E-state index in [-0.39, 0.29) is 0 Å². The first-order valence-electron chi connectivity index (χ1n) is 7.60. The summed E-state index contributed by atoms with van der Waals surface area (Å²) in [5.41, 5.74) is 2.23. The van der Waals surface area contributed by atoms with E-state index >= 15 is 0 Å². The van der Waals surface area contributed by atoms with E-state index in [0.29, 0.717) is 6.04 Å². The number of nitrogens with zero attached hydrogens (tertiary/aromatic N) is 3. The molecule has 1 aliphatic carbocycles. The molecule has 4 heteroatoms. The van der Waals surface area contributed by atoms with Crippen molar-refractivity contribution in [1.82, 2.24) is 15.0 Å². The van der Waals surface area contributed by atoms with Gasteiger partial charge in [0.25, 0.3) is 0 Å². The zero-order valence-electron chi connectivity index (χ0n) is 12.0. The van der Waals surface area contributed by atoms with Crippen LogP contribution in [-0.2, 0) is 0 Å². The summed E-state index contributed by atoms with van der Waals surface area (Å²) in [5, 5.41) is 11.8. The SMILES string of the molecule is CCC1CCCCC1Nc1ccccc1-n1ccnn1. The Hall–Kier alpha value is -1.84. The zero-order chi connectivity index (χ0) is 13.8. The molecule has 2 unspecified atom stereocenters. The third-order valence-electron chi connectivity index (χ3n) is 4.35. The minimum absolute atomic E-state index is 0.582. The molecule has 3 rings (SSSR count).